The molecule has 0 bridgehead atoms. The van der Waals surface area contributed by atoms with Crippen LogP contribution in [0.4, 0.5) is 5.69 Å². The third kappa shape index (κ3) is 3.45. The molecule has 0 unspecified atom stereocenters. The molecule has 4 nitrogen and oxygen atoms in total. The van der Waals surface area contributed by atoms with Crippen LogP contribution in [0.2, 0.25) is 0 Å². The summed E-state index contributed by atoms with van der Waals surface area (Å²) in [5.74, 6) is 0.959. The molecule has 1 aliphatic rings. The van der Waals surface area contributed by atoms with Crippen molar-refractivity contribution in [3.8, 4) is 0 Å². The Balaban J connectivity index is 1.53. The molecule has 1 aromatic carbocycles. The quantitative estimate of drug-likeness (QED) is 0.864. The molecule has 3 rings (SSSR count). The largest absolute Gasteiger partial charge is 0.371 e. The normalized spacial score (nSPS) is 16.6. The second-order valence-electron chi connectivity index (χ2n) is 5.90. The predicted octanol–water partition coefficient (Wildman–Crippen LogP) is 3.08. The summed E-state index contributed by atoms with van der Waals surface area (Å²) in [5.41, 5.74) is 2.29. The fraction of sp³-hybridized carbons (Fsp3) is 0.471. The lowest BCUT2D eigenvalue weighted by atomic mass is 10.0. The summed E-state index contributed by atoms with van der Waals surface area (Å²) in [7, 11) is 2.18. The standard InChI is InChI=1S/C17H23N3O/c1-14-12-17(21-18-14)13-19(2)15-8-10-20(11-9-15)16-6-4-3-5-7-16/h3-7,12,15H,8-11,13H2,1-2H3. The summed E-state index contributed by atoms with van der Waals surface area (Å²) in [5, 5.41) is 3.96. The molecule has 1 saturated heterocycles. The molecular formula is C17H23N3O. The number of rotatable bonds is 4. The second-order valence-corrected chi connectivity index (χ2v) is 5.90. The van der Waals surface area contributed by atoms with Crippen molar-refractivity contribution in [3.05, 3.63) is 47.9 Å². The van der Waals surface area contributed by atoms with Gasteiger partial charge in [-0.25, -0.2) is 0 Å². The average molecular weight is 285 g/mol. The maximum Gasteiger partial charge on any atom is 0.150 e. The molecule has 0 aliphatic carbocycles. The maximum absolute atomic E-state index is 5.31. The predicted molar refractivity (Wildman–Crippen MR) is 84.4 cm³/mol. The van der Waals surface area contributed by atoms with Gasteiger partial charge >= 0.3 is 0 Å². The molecule has 0 saturated carbocycles. The van der Waals surface area contributed by atoms with Crippen LogP contribution in [0.15, 0.2) is 40.9 Å². The minimum absolute atomic E-state index is 0.621. The van der Waals surface area contributed by atoms with Gasteiger partial charge in [-0.15, -0.1) is 0 Å². The number of nitrogens with zero attached hydrogens (tertiary/aromatic N) is 3. The van der Waals surface area contributed by atoms with E-state index in [1.165, 1.54) is 18.5 Å². The number of benzene rings is 1. The Bertz CT molecular complexity index is 558. The van der Waals surface area contributed by atoms with Gasteiger partial charge in [0.2, 0.25) is 0 Å². The monoisotopic (exact) mass is 285 g/mol. The highest BCUT2D eigenvalue weighted by atomic mass is 16.5. The lowest BCUT2D eigenvalue weighted by Crippen LogP contribution is -2.43. The van der Waals surface area contributed by atoms with E-state index in [0.29, 0.717) is 6.04 Å². The number of anilines is 1. The van der Waals surface area contributed by atoms with Gasteiger partial charge in [0.05, 0.1) is 12.2 Å². The van der Waals surface area contributed by atoms with Crippen molar-refractivity contribution in [1.29, 1.82) is 0 Å². The van der Waals surface area contributed by atoms with Crippen LogP contribution >= 0.6 is 0 Å². The zero-order chi connectivity index (χ0) is 14.7. The van der Waals surface area contributed by atoms with Gasteiger partial charge < -0.3 is 9.42 Å². The Morgan fingerprint density at radius 3 is 2.57 bits per heavy atom. The van der Waals surface area contributed by atoms with E-state index in [1.54, 1.807) is 0 Å². The van der Waals surface area contributed by atoms with Gasteiger partial charge in [0.1, 0.15) is 0 Å². The first kappa shape index (κ1) is 14.1. The zero-order valence-electron chi connectivity index (χ0n) is 12.8. The van der Waals surface area contributed by atoms with Crippen LogP contribution in [0.1, 0.15) is 24.3 Å². The van der Waals surface area contributed by atoms with Crippen molar-refractivity contribution in [2.24, 2.45) is 0 Å². The molecule has 4 heteroatoms. The van der Waals surface area contributed by atoms with Crippen LogP contribution in [0, 0.1) is 6.92 Å². The van der Waals surface area contributed by atoms with Gasteiger partial charge in [-0.1, -0.05) is 23.4 Å². The number of aromatic nitrogens is 1. The zero-order valence-corrected chi connectivity index (χ0v) is 12.8. The Morgan fingerprint density at radius 2 is 1.95 bits per heavy atom. The summed E-state index contributed by atoms with van der Waals surface area (Å²) in [4.78, 5) is 4.87. The third-order valence-corrected chi connectivity index (χ3v) is 4.29. The van der Waals surface area contributed by atoms with Gasteiger partial charge in [0.15, 0.2) is 5.76 Å². The number of aryl methyl sites for hydroxylation is 1. The van der Waals surface area contributed by atoms with Crippen molar-refractivity contribution in [2.45, 2.75) is 32.4 Å². The van der Waals surface area contributed by atoms with Crippen molar-refractivity contribution >= 4 is 5.69 Å². The van der Waals surface area contributed by atoms with Crippen LogP contribution < -0.4 is 4.90 Å². The molecule has 0 spiro atoms. The highest BCUT2D eigenvalue weighted by Gasteiger charge is 2.23. The maximum atomic E-state index is 5.31. The second kappa shape index (κ2) is 6.31. The first-order chi connectivity index (χ1) is 10.2. The minimum Gasteiger partial charge on any atom is -0.371 e. The van der Waals surface area contributed by atoms with E-state index in [1.807, 2.05) is 13.0 Å². The molecule has 112 valence electrons. The van der Waals surface area contributed by atoms with Crippen molar-refractivity contribution < 1.29 is 4.52 Å². The smallest absolute Gasteiger partial charge is 0.150 e. The summed E-state index contributed by atoms with van der Waals surface area (Å²) < 4.78 is 5.31. The highest BCUT2D eigenvalue weighted by Crippen LogP contribution is 2.22. The molecule has 0 amide bonds. The minimum atomic E-state index is 0.621. The highest BCUT2D eigenvalue weighted by molar-refractivity contribution is 5.46. The van der Waals surface area contributed by atoms with Gasteiger partial charge in [0.25, 0.3) is 0 Å². The van der Waals surface area contributed by atoms with Gasteiger partial charge in [-0.3, -0.25) is 4.90 Å². The molecule has 1 fully saturated rings. The lowest BCUT2D eigenvalue weighted by Gasteiger charge is -2.37. The number of para-hydroxylation sites is 1. The third-order valence-electron chi connectivity index (χ3n) is 4.29. The number of hydrogen-bond donors (Lipinski definition) is 0. The Hall–Kier alpha value is -1.81. The SMILES string of the molecule is Cc1cc(CN(C)C2CCN(c3ccccc3)CC2)on1. The Morgan fingerprint density at radius 1 is 1.24 bits per heavy atom. The van der Waals surface area contributed by atoms with Gasteiger partial charge in [-0.2, -0.15) is 0 Å². The summed E-state index contributed by atoms with van der Waals surface area (Å²) in [6.07, 6.45) is 2.39. The molecule has 2 heterocycles. The van der Waals surface area contributed by atoms with E-state index >= 15 is 0 Å². The van der Waals surface area contributed by atoms with E-state index < -0.39 is 0 Å². The summed E-state index contributed by atoms with van der Waals surface area (Å²) >= 11 is 0. The van der Waals surface area contributed by atoms with Gasteiger partial charge in [0, 0.05) is 30.9 Å². The van der Waals surface area contributed by atoms with Crippen LogP contribution in [-0.2, 0) is 6.54 Å². The molecule has 0 N–H and O–H groups in total. The average Bonchev–Trinajstić information content (AvgIpc) is 2.93. The van der Waals surface area contributed by atoms with Crippen molar-refractivity contribution in [2.75, 3.05) is 25.0 Å². The molecule has 1 aromatic heterocycles. The van der Waals surface area contributed by atoms with E-state index in [9.17, 15) is 0 Å². The van der Waals surface area contributed by atoms with E-state index in [2.05, 4.69) is 52.3 Å². The van der Waals surface area contributed by atoms with Crippen LogP contribution in [-0.4, -0.2) is 36.2 Å². The van der Waals surface area contributed by atoms with Crippen LogP contribution in [0.25, 0.3) is 0 Å². The van der Waals surface area contributed by atoms with Gasteiger partial charge in [-0.05, 0) is 38.9 Å². The fourth-order valence-electron chi connectivity index (χ4n) is 3.07. The number of piperidine rings is 1. The fourth-order valence-corrected chi connectivity index (χ4v) is 3.07. The van der Waals surface area contributed by atoms with E-state index in [4.69, 9.17) is 4.52 Å². The van der Waals surface area contributed by atoms with E-state index in [-0.39, 0.29) is 0 Å². The number of hydrogen-bond acceptors (Lipinski definition) is 4. The van der Waals surface area contributed by atoms with E-state index in [0.717, 1.165) is 31.1 Å². The first-order valence-electron chi connectivity index (χ1n) is 7.65. The topological polar surface area (TPSA) is 32.5 Å². The molecular weight excluding hydrogens is 262 g/mol. The molecule has 0 atom stereocenters. The van der Waals surface area contributed by atoms with Crippen molar-refractivity contribution in [3.63, 3.8) is 0 Å². The van der Waals surface area contributed by atoms with Crippen LogP contribution in [0.3, 0.4) is 0 Å². The lowest BCUT2D eigenvalue weighted by molar-refractivity contribution is 0.180. The summed E-state index contributed by atoms with van der Waals surface area (Å²) in [6, 6.07) is 13.3. The molecule has 21 heavy (non-hydrogen) atoms. The molecule has 2 aromatic rings. The first-order valence-corrected chi connectivity index (χ1v) is 7.65. The molecule has 0 radical (unpaired) electrons. The van der Waals surface area contributed by atoms with Crippen LogP contribution in [0.5, 0.6) is 0 Å². The molecule has 1 aliphatic heterocycles. The Kier molecular flexibility index (Phi) is 4.25. The summed E-state index contributed by atoms with van der Waals surface area (Å²) in [6.45, 7) is 5.05. The van der Waals surface area contributed by atoms with Crippen molar-refractivity contribution in [1.82, 2.24) is 10.1 Å². The Labute approximate surface area is 126 Å².